The third kappa shape index (κ3) is 3.65. The molecule has 22 heavy (non-hydrogen) atoms. The lowest BCUT2D eigenvalue weighted by Gasteiger charge is -2.36. The molecule has 1 amide bonds. The standard InChI is InChI=1S/C18H33N3O/c1-17(2,3)6-9-20-10-12-21(13-11-20)16(22)15-14-18(15)4-7-19-8-5-18/h15,19H,4-14H2,1-3H3. The molecule has 1 N–H and O–H groups in total. The molecule has 3 aliphatic rings. The summed E-state index contributed by atoms with van der Waals surface area (Å²) in [6.45, 7) is 14.3. The highest BCUT2D eigenvalue weighted by Crippen LogP contribution is 2.59. The summed E-state index contributed by atoms with van der Waals surface area (Å²) in [6, 6.07) is 0. The van der Waals surface area contributed by atoms with Crippen LogP contribution in [0.5, 0.6) is 0 Å². The fraction of sp³-hybridized carbons (Fsp3) is 0.944. The van der Waals surface area contributed by atoms with Gasteiger partial charge in [-0.05, 0) is 56.1 Å². The molecule has 0 aromatic rings. The maximum Gasteiger partial charge on any atom is 0.226 e. The van der Waals surface area contributed by atoms with Gasteiger partial charge in [-0.2, -0.15) is 0 Å². The van der Waals surface area contributed by atoms with E-state index in [1.165, 1.54) is 25.8 Å². The number of amides is 1. The van der Waals surface area contributed by atoms with Gasteiger partial charge in [-0.15, -0.1) is 0 Å². The third-order valence-corrected chi connectivity index (χ3v) is 5.95. The highest BCUT2D eigenvalue weighted by atomic mass is 16.2. The van der Waals surface area contributed by atoms with Crippen LogP contribution in [-0.4, -0.2) is 61.5 Å². The molecule has 2 aliphatic heterocycles. The van der Waals surface area contributed by atoms with Gasteiger partial charge in [0.2, 0.25) is 5.91 Å². The van der Waals surface area contributed by atoms with Gasteiger partial charge in [0, 0.05) is 32.1 Å². The van der Waals surface area contributed by atoms with Crippen LogP contribution in [-0.2, 0) is 4.79 Å². The van der Waals surface area contributed by atoms with Crippen LogP contribution in [0.3, 0.4) is 0 Å². The summed E-state index contributed by atoms with van der Waals surface area (Å²) in [6.07, 6.45) is 4.79. The normalized spacial score (nSPS) is 28.9. The number of nitrogens with one attached hydrogen (secondary N) is 1. The first-order valence-corrected chi connectivity index (χ1v) is 9.12. The first-order chi connectivity index (χ1) is 10.4. The Morgan fingerprint density at radius 1 is 1.14 bits per heavy atom. The molecule has 3 fully saturated rings. The molecule has 4 heteroatoms. The summed E-state index contributed by atoms with van der Waals surface area (Å²) in [7, 11) is 0. The van der Waals surface area contributed by atoms with Crippen molar-refractivity contribution in [2.75, 3.05) is 45.8 Å². The fourth-order valence-electron chi connectivity index (χ4n) is 4.08. The molecule has 0 bridgehead atoms. The zero-order valence-electron chi connectivity index (χ0n) is 14.7. The second-order valence-corrected chi connectivity index (χ2v) is 8.85. The van der Waals surface area contributed by atoms with E-state index in [4.69, 9.17) is 0 Å². The van der Waals surface area contributed by atoms with E-state index in [-0.39, 0.29) is 0 Å². The topological polar surface area (TPSA) is 35.6 Å². The molecule has 0 radical (unpaired) electrons. The van der Waals surface area contributed by atoms with E-state index in [2.05, 4.69) is 35.9 Å². The summed E-state index contributed by atoms with van der Waals surface area (Å²) in [4.78, 5) is 17.4. The summed E-state index contributed by atoms with van der Waals surface area (Å²) in [5, 5.41) is 3.42. The molecule has 1 unspecified atom stereocenters. The molecule has 1 atom stereocenters. The molecule has 1 saturated carbocycles. The number of rotatable bonds is 3. The Balaban J connectivity index is 1.43. The Kier molecular flexibility index (Phi) is 4.52. The zero-order chi connectivity index (χ0) is 15.8. The van der Waals surface area contributed by atoms with E-state index in [1.54, 1.807) is 0 Å². The van der Waals surface area contributed by atoms with Crippen LogP contribution in [0.15, 0.2) is 0 Å². The minimum Gasteiger partial charge on any atom is -0.340 e. The number of nitrogens with zero attached hydrogens (tertiary/aromatic N) is 2. The van der Waals surface area contributed by atoms with Crippen molar-refractivity contribution in [2.45, 2.75) is 46.5 Å². The lowest BCUT2D eigenvalue weighted by molar-refractivity contribution is -0.135. The molecule has 0 aromatic carbocycles. The quantitative estimate of drug-likeness (QED) is 0.866. The van der Waals surface area contributed by atoms with Crippen molar-refractivity contribution in [3.8, 4) is 0 Å². The minimum absolute atomic E-state index is 0.343. The third-order valence-electron chi connectivity index (χ3n) is 5.95. The first kappa shape index (κ1) is 16.3. The average Bonchev–Trinajstić information content (AvgIpc) is 3.18. The van der Waals surface area contributed by atoms with Crippen LogP contribution < -0.4 is 5.32 Å². The van der Waals surface area contributed by atoms with E-state index in [1.807, 2.05) is 0 Å². The second-order valence-electron chi connectivity index (χ2n) is 8.85. The lowest BCUT2D eigenvalue weighted by Crippen LogP contribution is -2.50. The highest BCUT2D eigenvalue weighted by Gasteiger charge is 2.58. The van der Waals surface area contributed by atoms with Gasteiger partial charge >= 0.3 is 0 Å². The summed E-state index contributed by atoms with van der Waals surface area (Å²) in [5.74, 6) is 0.799. The molecule has 126 valence electrons. The first-order valence-electron chi connectivity index (χ1n) is 9.12. The predicted molar refractivity (Wildman–Crippen MR) is 89.7 cm³/mol. The van der Waals surface area contributed by atoms with Gasteiger partial charge in [0.1, 0.15) is 0 Å². The van der Waals surface area contributed by atoms with Crippen molar-refractivity contribution in [1.29, 1.82) is 0 Å². The zero-order valence-corrected chi connectivity index (χ0v) is 14.7. The molecular formula is C18H33N3O. The van der Waals surface area contributed by atoms with Gasteiger partial charge in [0.25, 0.3) is 0 Å². The van der Waals surface area contributed by atoms with E-state index >= 15 is 0 Å². The van der Waals surface area contributed by atoms with Crippen LogP contribution in [0, 0.1) is 16.7 Å². The monoisotopic (exact) mass is 307 g/mol. The van der Waals surface area contributed by atoms with Gasteiger partial charge in [0.05, 0.1) is 0 Å². The van der Waals surface area contributed by atoms with Crippen molar-refractivity contribution >= 4 is 5.91 Å². The Hall–Kier alpha value is -0.610. The maximum atomic E-state index is 12.7. The Morgan fingerprint density at radius 3 is 2.36 bits per heavy atom. The van der Waals surface area contributed by atoms with Crippen molar-refractivity contribution < 1.29 is 4.79 Å². The fourth-order valence-corrected chi connectivity index (χ4v) is 4.08. The average molecular weight is 307 g/mol. The van der Waals surface area contributed by atoms with Crippen LogP contribution in [0.25, 0.3) is 0 Å². The molecule has 0 aromatic heterocycles. The van der Waals surface area contributed by atoms with E-state index in [0.717, 1.165) is 45.7 Å². The molecule has 1 spiro atoms. The molecule has 4 nitrogen and oxygen atoms in total. The van der Waals surface area contributed by atoms with Gasteiger partial charge in [-0.1, -0.05) is 20.8 Å². The van der Waals surface area contributed by atoms with Crippen LogP contribution in [0.4, 0.5) is 0 Å². The summed E-state index contributed by atoms with van der Waals surface area (Å²) >= 11 is 0. The SMILES string of the molecule is CC(C)(C)CCN1CCN(C(=O)C2CC23CCNCC3)CC1. The molecule has 3 rings (SSSR count). The molecular weight excluding hydrogens is 274 g/mol. The van der Waals surface area contributed by atoms with Gasteiger partial charge in [0.15, 0.2) is 0 Å². The summed E-state index contributed by atoms with van der Waals surface area (Å²) in [5.41, 5.74) is 0.786. The maximum absolute atomic E-state index is 12.7. The van der Waals surface area contributed by atoms with Crippen molar-refractivity contribution in [3.05, 3.63) is 0 Å². The van der Waals surface area contributed by atoms with Crippen molar-refractivity contribution in [2.24, 2.45) is 16.7 Å². The number of piperazine rings is 1. The van der Waals surface area contributed by atoms with Gasteiger partial charge < -0.3 is 10.2 Å². The van der Waals surface area contributed by atoms with Gasteiger partial charge in [-0.25, -0.2) is 0 Å². The van der Waals surface area contributed by atoms with Crippen LogP contribution >= 0.6 is 0 Å². The molecule has 1 aliphatic carbocycles. The Bertz CT molecular complexity index is 401. The number of piperidine rings is 1. The molecule has 2 heterocycles. The van der Waals surface area contributed by atoms with Crippen LogP contribution in [0.2, 0.25) is 0 Å². The van der Waals surface area contributed by atoms with Gasteiger partial charge in [-0.3, -0.25) is 9.69 Å². The molecule has 2 saturated heterocycles. The van der Waals surface area contributed by atoms with Crippen LogP contribution in [0.1, 0.15) is 46.5 Å². The Morgan fingerprint density at radius 2 is 1.77 bits per heavy atom. The number of hydrogen-bond acceptors (Lipinski definition) is 3. The van der Waals surface area contributed by atoms with Crippen molar-refractivity contribution in [1.82, 2.24) is 15.1 Å². The number of hydrogen-bond donors (Lipinski definition) is 1. The number of carbonyl (C=O) groups excluding carboxylic acids is 1. The minimum atomic E-state index is 0.343. The predicted octanol–water partition coefficient (Wildman–Crippen LogP) is 1.96. The largest absolute Gasteiger partial charge is 0.340 e. The smallest absolute Gasteiger partial charge is 0.226 e. The Labute approximate surface area is 135 Å². The lowest BCUT2D eigenvalue weighted by atomic mass is 9.91. The van der Waals surface area contributed by atoms with Crippen molar-refractivity contribution in [3.63, 3.8) is 0 Å². The van der Waals surface area contributed by atoms with E-state index in [0.29, 0.717) is 22.7 Å². The van der Waals surface area contributed by atoms with E-state index < -0.39 is 0 Å². The number of carbonyl (C=O) groups is 1. The highest BCUT2D eigenvalue weighted by molar-refractivity contribution is 5.82. The summed E-state index contributed by atoms with van der Waals surface area (Å²) < 4.78 is 0. The van der Waals surface area contributed by atoms with E-state index in [9.17, 15) is 4.79 Å². The second kappa shape index (κ2) is 6.12.